The number of aromatic carboxylic acids is 1. The van der Waals surface area contributed by atoms with Crippen molar-refractivity contribution in [2.45, 2.75) is 19.4 Å². The lowest BCUT2D eigenvalue weighted by Gasteiger charge is -2.02. The molecule has 1 aromatic heterocycles. The van der Waals surface area contributed by atoms with Crippen LogP contribution in [0.3, 0.4) is 0 Å². The Hall–Kier alpha value is -2.23. The van der Waals surface area contributed by atoms with Crippen molar-refractivity contribution in [2.24, 2.45) is 0 Å². The third kappa shape index (κ3) is 1.76. The van der Waals surface area contributed by atoms with Crippen LogP contribution in [0.1, 0.15) is 23.0 Å². The van der Waals surface area contributed by atoms with Gasteiger partial charge in [0.1, 0.15) is 17.6 Å². The fourth-order valence-electron chi connectivity index (χ4n) is 2.18. The highest BCUT2D eigenvalue weighted by atomic mass is 16.5. The number of hydrogen-bond donors (Lipinski definition) is 1. The van der Waals surface area contributed by atoms with Crippen molar-refractivity contribution in [3.05, 3.63) is 41.7 Å². The van der Waals surface area contributed by atoms with E-state index in [0.717, 1.165) is 23.3 Å². The molecule has 0 bridgehead atoms. The maximum Gasteiger partial charge on any atom is 0.371 e. The molecule has 1 aromatic carbocycles. The Balaban J connectivity index is 1.97. The van der Waals surface area contributed by atoms with Gasteiger partial charge < -0.3 is 14.3 Å². The van der Waals surface area contributed by atoms with Crippen LogP contribution in [0, 0.1) is 0 Å². The van der Waals surface area contributed by atoms with Crippen molar-refractivity contribution in [2.75, 3.05) is 0 Å². The van der Waals surface area contributed by atoms with E-state index >= 15 is 0 Å². The highest BCUT2D eigenvalue weighted by molar-refractivity contribution is 5.85. The van der Waals surface area contributed by atoms with Crippen molar-refractivity contribution in [1.29, 1.82) is 0 Å². The molecular weight excluding hydrogens is 232 g/mol. The zero-order valence-corrected chi connectivity index (χ0v) is 9.84. The number of hydrogen-bond acceptors (Lipinski definition) is 3. The van der Waals surface area contributed by atoms with Crippen LogP contribution in [0.5, 0.6) is 5.75 Å². The summed E-state index contributed by atoms with van der Waals surface area (Å²) in [6.45, 7) is 2.02. The SMILES string of the molecule is CC1Cc2cc(-c3ccc(C(=O)O)o3)ccc2O1. The lowest BCUT2D eigenvalue weighted by molar-refractivity contribution is 0.0663. The summed E-state index contributed by atoms with van der Waals surface area (Å²) in [5.74, 6) is 0.362. The Kier molecular flexibility index (Phi) is 2.37. The first kappa shape index (κ1) is 10.9. The van der Waals surface area contributed by atoms with Crippen LogP contribution in [-0.4, -0.2) is 17.2 Å². The number of benzene rings is 1. The highest BCUT2D eigenvalue weighted by Gasteiger charge is 2.20. The highest BCUT2D eigenvalue weighted by Crippen LogP contribution is 2.33. The van der Waals surface area contributed by atoms with Gasteiger partial charge in [-0.3, -0.25) is 0 Å². The first-order valence-electron chi connectivity index (χ1n) is 5.76. The van der Waals surface area contributed by atoms with Crippen LogP contribution in [0.15, 0.2) is 34.7 Å². The number of furan rings is 1. The minimum absolute atomic E-state index is 0.0462. The molecule has 0 saturated carbocycles. The van der Waals surface area contributed by atoms with Crippen LogP contribution < -0.4 is 4.74 Å². The fraction of sp³-hybridized carbons (Fsp3) is 0.214. The third-order valence-electron chi connectivity index (χ3n) is 3.00. The molecular formula is C14H12O4. The lowest BCUT2D eigenvalue weighted by Crippen LogP contribution is -2.05. The molecule has 1 unspecified atom stereocenters. The van der Waals surface area contributed by atoms with E-state index in [1.807, 2.05) is 25.1 Å². The van der Waals surface area contributed by atoms with E-state index < -0.39 is 5.97 Å². The predicted molar refractivity (Wildman–Crippen MR) is 64.9 cm³/mol. The minimum Gasteiger partial charge on any atom is -0.490 e. The molecule has 18 heavy (non-hydrogen) atoms. The number of fused-ring (bicyclic) bond motifs is 1. The van der Waals surface area contributed by atoms with E-state index in [2.05, 4.69) is 0 Å². The van der Waals surface area contributed by atoms with Gasteiger partial charge in [0.15, 0.2) is 0 Å². The topological polar surface area (TPSA) is 59.7 Å². The Morgan fingerprint density at radius 1 is 1.33 bits per heavy atom. The van der Waals surface area contributed by atoms with Crippen molar-refractivity contribution in [3.8, 4) is 17.1 Å². The molecule has 4 heteroatoms. The third-order valence-corrected chi connectivity index (χ3v) is 3.00. The standard InChI is InChI=1S/C14H12O4/c1-8-6-10-7-9(2-3-12(10)17-8)11-4-5-13(18-11)14(15)16/h2-5,7-8H,6H2,1H3,(H,15,16). The van der Waals surface area contributed by atoms with Gasteiger partial charge in [-0.2, -0.15) is 0 Å². The van der Waals surface area contributed by atoms with E-state index in [9.17, 15) is 4.79 Å². The molecule has 2 aromatic rings. The monoisotopic (exact) mass is 244 g/mol. The van der Waals surface area contributed by atoms with Crippen LogP contribution in [0.25, 0.3) is 11.3 Å². The van der Waals surface area contributed by atoms with Crippen LogP contribution in [-0.2, 0) is 6.42 Å². The largest absolute Gasteiger partial charge is 0.490 e. The molecule has 2 heterocycles. The summed E-state index contributed by atoms with van der Waals surface area (Å²) in [7, 11) is 0. The zero-order valence-electron chi connectivity index (χ0n) is 9.84. The van der Waals surface area contributed by atoms with Gasteiger partial charge in [-0.25, -0.2) is 4.79 Å². The zero-order chi connectivity index (χ0) is 12.7. The van der Waals surface area contributed by atoms with E-state index in [4.69, 9.17) is 14.3 Å². The smallest absolute Gasteiger partial charge is 0.371 e. The number of ether oxygens (including phenoxy) is 1. The fourth-order valence-corrected chi connectivity index (χ4v) is 2.18. The minimum atomic E-state index is -1.06. The van der Waals surface area contributed by atoms with E-state index in [1.165, 1.54) is 6.07 Å². The maximum atomic E-state index is 10.8. The molecule has 0 saturated heterocycles. The Labute approximate surface area is 104 Å². The van der Waals surface area contributed by atoms with Crippen LogP contribution >= 0.6 is 0 Å². The van der Waals surface area contributed by atoms with E-state index in [-0.39, 0.29) is 11.9 Å². The quantitative estimate of drug-likeness (QED) is 0.882. The molecule has 0 aliphatic carbocycles. The summed E-state index contributed by atoms with van der Waals surface area (Å²) in [5, 5.41) is 8.82. The molecule has 1 aliphatic heterocycles. The van der Waals surface area contributed by atoms with Gasteiger partial charge in [-0.05, 0) is 42.8 Å². The molecule has 3 rings (SSSR count). The molecule has 4 nitrogen and oxygen atoms in total. The number of rotatable bonds is 2. The maximum absolute atomic E-state index is 10.8. The molecule has 0 spiro atoms. The van der Waals surface area contributed by atoms with Gasteiger partial charge in [-0.15, -0.1) is 0 Å². The van der Waals surface area contributed by atoms with Crippen LogP contribution in [0.2, 0.25) is 0 Å². The molecule has 1 atom stereocenters. The van der Waals surface area contributed by atoms with Gasteiger partial charge in [0.25, 0.3) is 0 Å². The lowest BCUT2D eigenvalue weighted by atomic mass is 10.1. The van der Waals surface area contributed by atoms with Gasteiger partial charge in [0.05, 0.1) is 0 Å². The van der Waals surface area contributed by atoms with Gasteiger partial charge in [-0.1, -0.05) is 0 Å². The van der Waals surface area contributed by atoms with Crippen molar-refractivity contribution in [3.63, 3.8) is 0 Å². The molecule has 0 fully saturated rings. The predicted octanol–water partition coefficient (Wildman–Crippen LogP) is 2.97. The molecule has 1 aliphatic rings. The first-order valence-corrected chi connectivity index (χ1v) is 5.76. The average Bonchev–Trinajstić information content (AvgIpc) is 2.91. The van der Waals surface area contributed by atoms with E-state index in [1.54, 1.807) is 6.07 Å². The number of carboxylic acids is 1. The Bertz CT molecular complexity index is 612. The van der Waals surface area contributed by atoms with E-state index in [0.29, 0.717) is 5.76 Å². The van der Waals surface area contributed by atoms with Gasteiger partial charge >= 0.3 is 5.97 Å². The summed E-state index contributed by atoms with van der Waals surface area (Å²) in [6.07, 6.45) is 1.07. The summed E-state index contributed by atoms with van der Waals surface area (Å²) >= 11 is 0. The second-order valence-corrected chi connectivity index (χ2v) is 4.42. The molecule has 0 amide bonds. The normalized spacial score (nSPS) is 17.3. The van der Waals surface area contributed by atoms with Crippen LogP contribution in [0.4, 0.5) is 0 Å². The first-order chi connectivity index (χ1) is 8.63. The van der Waals surface area contributed by atoms with Gasteiger partial charge in [0.2, 0.25) is 5.76 Å². The summed E-state index contributed by atoms with van der Waals surface area (Å²) in [6, 6.07) is 8.90. The molecule has 1 N–H and O–H groups in total. The van der Waals surface area contributed by atoms with Crippen molar-refractivity contribution >= 4 is 5.97 Å². The van der Waals surface area contributed by atoms with Crippen molar-refractivity contribution < 1.29 is 19.1 Å². The van der Waals surface area contributed by atoms with Gasteiger partial charge in [0, 0.05) is 12.0 Å². The molecule has 0 radical (unpaired) electrons. The van der Waals surface area contributed by atoms with Crippen molar-refractivity contribution in [1.82, 2.24) is 0 Å². The summed E-state index contributed by atoms with van der Waals surface area (Å²) < 4.78 is 10.9. The Morgan fingerprint density at radius 2 is 2.17 bits per heavy atom. The Morgan fingerprint density at radius 3 is 2.89 bits per heavy atom. The number of carboxylic acid groups (broad SMARTS) is 1. The second kappa shape index (κ2) is 3.91. The summed E-state index contributed by atoms with van der Waals surface area (Å²) in [5.41, 5.74) is 2.01. The number of carbonyl (C=O) groups is 1. The second-order valence-electron chi connectivity index (χ2n) is 4.42. The summed E-state index contributed by atoms with van der Waals surface area (Å²) in [4.78, 5) is 10.8. The molecule has 92 valence electrons. The average molecular weight is 244 g/mol.